The van der Waals surface area contributed by atoms with Crippen LogP contribution in [0.2, 0.25) is 0 Å². The number of hydrogen-bond acceptors (Lipinski definition) is 3. The standard InChI is InChI=1S/C20H42N2O2/c1-5-6-7-8-9-10-11-12-13-14-17-21-18-15-16-19(20(23)24)22(2,3)4/h19,21H,5-18H2,1-4H3. The number of likely N-dealkylation sites (N-methyl/N-ethyl adjacent to an activating group) is 1. The summed E-state index contributed by atoms with van der Waals surface area (Å²) in [6, 6.07) is -0.413. The molecule has 1 unspecified atom stereocenters. The molecule has 24 heavy (non-hydrogen) atoms. The van der Waals surface area contributed by atoms with Gasteiger partial charge in [-0.15, -0.1) is 0 Å². The van der Waals surface area contributed by atoms with Crippen molar-refractivity contribution in [3.8, 4) is 0 Å². The summed E-state index contributed by atoms with van der Waals surface area (Å²) < 4.78 is 0.431. The van der Waals surface area contributed by atoms with E-state index in [0.29, 0.717) is 10.9 Å². The van der Waals surface area contributed by atoms with Crippen molar-refractivity contribution in [3.63, 3.8) is 0 Å². The summed E-state index contributed by atoms with van der Waals surface area (Å²) in [7, 11) is 5.74. The zero-order valence-corrected chi connectivity index (χ0v) is 16.7. The van der Waals surface area contributed by atoms with E-state index in [1.54, 1.807) is 0 Å². The number of nitrogens with zero attached hydrogens (tertiary/aromatic N) is 1. The Balaban J connectivity index is 3.35. The molecule has 0 rings (SSSR count). The Kier molecular flexibility index (Phi) is 14.3. The SMILES string of the molecule is CCCCCCCCCCCCNCCCC(C(=O)[O-])[N+](C)(C)C. The Labute approximate surface area is 150 Å². The number of quaternary nitrogens is 1. The second-order valence-electron chi connectivity index (χ2n) is 8.03. The van der Waals surface area contributed by atoms with Crippen LogP contribution < -0.4 is 10.4 Å². The fourth-order valence-corrected chi connectivity index (χ4v) is 3.10. The number of unbranched alkanes of at least 4 members (excludes halogenated alkanes) is 9. The van der Waals surface area contributed by atoms with Gasteiger partial charge in [-0.3, -0.25) is 0 Å². The highest BCUT2D eigenvalue weighted by molar-refractivity contribution is 5.69. The van der Waals surface area contributed by atoms with Crippen LogP contribution in [0, 0.1) is 0 Å². The lowest BCUT2D eigenvalue weighted by molar-refractivity contribution is -0.889. The number of carbonyl (C=O) groups excluding carboxylic acids is 1. The van der Waals surface area contributed by atoms with Crippen LogP contribution in [0.15, 0.2) is 0 Å². The van der Waals surface area contributed by atoms with Crippen molar-refractivity contribution in [1.29, 1.82) is 0 Å². The number of hydrogen-bond donors (Lipinski definition) is 1. The average molecular weight is 343 g/mol. The smallest absolute Gasteiger partial charge is 0.129 e. The van der Waals surface area contributed by atoms with Gasteiger partial charge in [0.15, 0.2) is 0 Å². The van der Waals surface area contributed by atoms with Gasteiger partial charge >= 0.3 is 0 Å². The Morgan fingerprint density at radius 1 is 0.833 bits per heavy atom. The van der Waals surface area contributed by atoms with Gasteiger partial charge in [0, 0.05) is 6.42 Å². The molecule has 0 aromatic rings. The summed E-state index contributed by atoms with van der Waals surface area (Å²) >= 11 is 0. The minimum Gasteiger partial charge on any atom is -0.544 e. The lowest BCUT2D eigenvalue weighted by Gasteiger charge is -2.34. The molecule has 4 heteroatoms. The molecule has 0 saturated carbocycles. The van der Waals surface area contributed by atoms with Crippen LogP contribution in [0.25, 0.3) is 0 Å². The minimum absolute atomic E-state index is 0.413. The maximum atomic E-state index is 11.2. The molecular formula is C20H42N2O2. The molecule has 0 fully saturated rings. The summed E-state index contributed by atoms with van der Waals surface area (Å²) in [5, 5.41) is 14.6. The van der Waals surface area contributed by atoms with Crippen LogP contribution in [0.4, 0.5) is 0 Å². The van der Waals surface area contributed by atoms with E-state index >= 15 is 0 Å². The molecule has 0 bridgehead atoms. The molecule has 0 aromatic heterocycles. The molecule has 0 heterocycles. The van der Waals surface area contributed by atoms with E-state index in [1.165, 1.54) is 64.2 Å². The van der Waals surface area contributed by atoms with Gasteiger partial charge in [0.1, 0.15) is 6.04 Å². The first-order chi connectivity index (χ1) is 11.4. The van der Waals surface area contributed by atoms with Crippen molar-refractivity contribution in [2.45, 2.75) is 90.0 Å². The lowest BCUT2D eigenvalue weighted by Crippen LogP contribution is -2.54. The largest absolute Gasteiger partial charge is 0.544 e. The van der Waals surface area contributed by atoms with Gasteiger partial charge in [-0.2, -0.15) is 0 Å². The summed E-state index contributed by atoms with van der Waals surface area (Å²) in [5.74, 6) is -0.933. The highest BCUT2D eigenvalue weighted by Gasteiger charge is 2.24. The van der Waals surface area contributed by atoms with Gasteiger partial charge in [-0.05, 0) is 25.9 Å². The van der Waals surface area contributed by atoms with Crippen molar-refractivity contribution in [2.24, 2.45) is 0 Å². The quantitative estimate of drug-likeness (QED) is 0.326. The molecule has 4 nitrogen and oxygen atoms in total. The van der Waals surface area contributed by atoms with Crippen molar-refractivity contribution in [2.75, 3.05) is 34.2 Å². The highest BCUT2D eigenvalue weighted by atomic mass is 16.4. The Hall–Kier alpha value is -0.610. The third kappa shape index (κ3) is 13.8. The van der Waals surface area contributed by atoms with Gasteiger partial charge in [0.25, 0.3) is 0 Å². The van der Waals surface area contributed by atoms with Gasteiger partial charge in [-0.25, -0.2) is 0 Å². The van der Waals surface area contributed by atoms with Crippen LogP contribution >= 0.6 is 0 Å². The van der Waals surface area contributed by atoms with Gasteiger partial charge in [-0.1, -0.05) is 64.7 Å². The molecule has 1 atom stereocenters. The Bertz CT molecular complexity index is 301. The third-order valence-corrected chi connectivity index (χ3v) is 4.75. The molecule has 0 aromatic carbocycles. The van der Waals surface area contributed by atoms with Gasteiger partial charge < -0.3 is 19.7 Å². The number of nitrogens with one attached hydrogen (secondary N) is 1. The Morgan fingerprint density at radius 3 is 1.75 bits per heavy atom. The number of aliphatic carboxylic acids is 1. The number of carboxylic acids is 1. The average Bonchev–Trinajstić information content (AvgIpc) is 2.49. The van der Waals surface area contributed by atoms with Crippen molar-refractivity contribution in [3.05, 3.63) is 0 Å². The molecular weight excluding hydrogens is 300 g/mol. The molecule has 144 valence electrons. The van der Waals surface area contributed by atoms with E-state index in [9.17, 15) is 9.90 Å². The predicted molar refractivity (Wildman–Crippen MR) is 101 cm³/mol. The molecule has 1 N–H and O–H groups in total. The van der Waals surface area contributed by atoms with Crippen LogP contribution in [0.1, 0.15) is 84.0 Å². The van der Waals surface area contributed by atoms with Crippen LogP contribution in [0.5, 0.6) is 0 Å². The molecule has 0 saturated heterocycles. The van der Waals surface area contributed by atoms with E-state index < -0.39 is 12.0 Å². The van der Waals surface area contributed by atoms with E-state index in [0.717, 1.165) is 19.5 Å². The second kappa shape index (κ2) is 14.7. The van der Waals surface area contributed by atoms with E-state index in [-0.39, 0.29) is 0 Å². The first-order valence-electron chi connectivity index (χ1n) is 10.1. The van der Waals surface area contributed by atoms with Crippen molar-refractivity contribution in [1.82, 2.24) is 5.32 Å². The van der Waals surface area contributed by atoms with Crippen molar-refractivity contribution >= 4 is 5.97 Å². The maximum absolute atomic E-state index is 11.2. The van der Waals surface area contributed by atoms with E-state index in [2.05, 4.69) is 12.2 Å². The van der Waals surface area contributed by atoms with E-state index in [4.69, 9.17) is 0 Å². The normalized spacial score (nSPS) is 13.2. The van der Waals surface area contributed by atoms with Crippen LogP contribution in [-0.4, -0.2) is 50.7 Å². The summed E-state index contributed by atoms with van der Waals surface area (Å²) in [6.45, 7) is 4.22. The predicted octanol–water partition coefficient (Wildman–Crippen LogP) is 3.10. The summed E-state index contributed by atoms with van der Waals surface area (Å²) in [5.41, 5.74) is 0. The van der Waals surface area contributed by atoms with Crippen molar-refractivity contribution < 1.29 is 14.4 Å². The summed E-state index contributed by atoms with van der Waals surface area (Å²) in [6.07, 6.45) is 15.2. The topological polar surface area (TPSA) is 52.2 Å². The zero-order chi connectivity index (χ0) is 18.3. The molecule has 0 spiro atoms. The lowest BCUT2D eigenvalue weighted by atomic mass is 10.1. The summed E-state index contributed by atoms with van der Waals surface area (Å²) in [4.78, 5) is 11.2. The van der Waals surface area contributed by atoms with E-state index in [1.807, 2.05) is 21.1 Å². The third-order valence-electron chi connectivity index (χ3n) is 4.75. The molecule has 0 amide bonds. The Morgan fingerprint density at radius 2 is 1.29 bits per heavy atom. The fraction of sp³-hybridized carbons (Fsp3) is 0.950. The van der Waals surface area contributed by atoms with Crippen LogP contribution in [-0.2, 0) is 4.79 Å². The van der Waals surface area contributed by atoms with Gasteiger partial charge in [0.05, 0.1) is 27.1 Å². The number of rotatable bonds is 17. The second-order valence-corrected chi connectivity index (χ2v) is 8.03. The van der Waals surface area contributed by atoms with Crippen LogP contribution in [0.3, 0.4) is 0 Å². The first-order valence-corrected chi connectivity index (χ1v) is 10.1. The fourth-order valence-electron chi connectivity index (χ4n) is 3.10. The zero-order valence-electron chi connectivity index (χ0n) is 16.7. The monoisotopic (exact) mass is 342 g/mol. The molecule has 0 aliphatic heterocycles. The highest BCUT2D eigenvalue weighted by Crippen LogP contribution is 2.11. The van der Waals surface area contributed by atoms with Gasteiger partial charge in [0.2, 0.25) is 0 Å². The maximum Gasteiger partial charge on any atom is 0.129 e. The number of carboxylic acid groups (broad SMARTS) is 1. The molecule has 0 radical (unpaired) electrons. The molecule has 0 aliphatic carbocycles. The minimum atomic E-state index is -0.933. The number of carbonyl (C=O) groups is 1. The first kappa shape index (κ1) is 23.4. The molecule has 0 aliphatic rings.